The van der Waals surface area contributed by atoms with Gasteiger partial charge in [0, 0.05) is 39.1 Å². The normalized spacial score (nSPS) is 14.9. The van der Waals surface area contributed by atoms with Crippen LogP contribution in [-0.2, 0) is 32.9 Å². The minimum Gasteiger partial charge on any atom is -0.480 e. The topological polar surface area (TPSA) is 93.5 Å². The lowest BCUT2D eigenvalue weighted by Gasteiger charge is -2.30. The Kier molecular flexibility index (Phi) is 4.86. The molecule has 1 aliphatic carbocycles. The number of carbonyl (C=O) groups is 2. The van der Waals surface area contributed by atoms with E-state index in [0.717, 1.165) is 41.6 Å². The monoisotopic (exact) mass is 396 g/mol. The molecule has 0 spiro atoms. The molecule has 4 rings (SSSR count). The van der Waals surface area contributed by atoms with Crippen molar-refractivity contribution in [3.63, 3.8) is 0 Å². The number of fused-ring (bicyclic) bond motifs is 2. The molecule has 29 heavy (non-hydrogen) atoms. The molecule has 0 saturated carbocycles. The van der Waals surface area contributed by atoms with Gasteiger partial charge < -0.3 is 19.5 Å². The van der Waals surface area contributed by atoms with E-state index < -0.39 is 5.91 Å². The third kappa shape index (κ3) is 3.18. The summed E-state index contributed by atoms with van der Waals surface area (Å²) in [4.78, 5) is 44.3. The number of pyridine rings is 2. The highest BCUT2D eigenvalue weighted by Gasteiger charge is 2.30. The van der Waals surface area contributed by atoms with Crippen LogP contribution in [0.5, 0.6) is 5.88 Å². The van der Waals surface area contributed by atoms with Gasteiger partial charge in [0.15, 0.2) is 0 Å². The number of amides is 2. The fraction of sp³-hybridized carbons (Fsp3) is 0.429. The third-order valence-electron chi connectivity index (χ3n) is 5.75. The average Bonchev–Trinajstić information content (AvgIpc) is 3.19. The fourth-order valence-corrected chi connectivity index (χ4v) is 4.25. The van der Waals surface area contributed by atoms with Gasteiger partial charge in [-0.1, -0.05) is 0 Å². The first-order valence-electron chi connectivity index (χ1n) is 9.74. The van der Waals surface area contributed by atoms with Crippen molar-refractivity contribution in [3.8, 4) is 5.88 Å². The van der Waals surface area contributed by atoms with Crippen LogP contribution in [0.4, 0.5) is 0 Å². The highest BCUT2D eigenvalue weighted by Crippen LogP contribution is 2.29. The highest BCUT2D eigenvalue weighted by molar-refractivity contribution is 5.98. The Hall–Kier alpha value is -3.16. The number of hydrogen-bond acceptors (Lipinski definition) is 5. The molecule has 0 aromatic carbocycles. The number of ether oxygens (including phenoxy) is 1. The van der Waals surface area contributed by atoms with Crippen LogP contribution in [0.1, 0.15) is 49.5 Å². The lowest BCUT2D eigenvalue weighted by atomic mass is 9.95. The summed E-state index contributed by atoms with van der Waals surface area (Å²) in [7, 11) is 4.65. The lowest BCUT2D eigenvalue weighted by molar-refractivity contribution is 0.0729. The Morgan fingerprint density at radius 3 is 2.72 bits per heavy atom. The quantitative estimate of drug-likeness (QED) is 0.830. The van der Waals surface area contributed by atoms with Crippen LogP contribution >= 0.6 is 0 Å². The molecule has 2 aromatic rings. The van der Waals surface area contributed by atoms with Crippen molar-refractivity contribution in [1.82, 2.24) is 19.8 Å². The van der Waals surface area contributed by atoms with Crippen molar-refractivity contribution in [2.45, 2.75) is 32.2 Å². The summed E-state index contributed by atoms with van der Waals surface area (Å²) < 4.78 is 6.79. The van der Waals surface area contributed by atoms with E-state index in [2.05, 4.69) is 10.3 Å². The summed E-state index contributed by atoms with van der Waals surface area (Å²) in [5.74, 6) is -0.190. The van der Waals surface area contributed by atoms with Gasteiger partial charge in [0.1, 0.15) is 11.1 Å². The summed E-state index contributed by atoms with van der Waals surface area (Å²) in [5.41, 5.74) is 3.94. The van der Waals surface area contributed by atoms with E-state index in [1.807, 2.05) is 6.07 Å². The van der Waals surface area contributed by atoms with Crippen LogP contribution in [0.25, 0.3) is 0 Å². The van der Waals surface area contributed by atoms with Crippen molar-refractivity contribution < 1.29 is 14.3 Å². The molecule has 0 saturated heterocycles. The Bertz CT molecular complexity index is 1070. The maximum absolute atomic E-state index is 13.3. The van der Waals surface area contributed by atoms with Crippen LogP contribution in [0.15, 0.2) is 17.1 Å². The minimum atomic E-state index is -0.397. The summed E-state index contributed by atoms with van der Waals surface area (Å²) in [6.07, 6.45) is 5.03. The molecule has 0 radical (unpaired) electrons. The first-order chi connectivity index (χ1) is 13.9. The summed E-state index contributed by atoms with van der Waals surface area (Å²) in [6, 6.07) is 1.91. The lowest BCUT2D eigenvalue weighted by Crippen LogP contribution is -2.40. The Balaban J connectivity index is 1.69. The van der Waals surface area contributed by atoms with Crippen molar-refractivity contribution in [2.75, 3.05) is 20.7 Å². The van der Waals surface area contributed by atoms with E-state index in [1.165, 1.54) is 18.7 Å². The van der Waals surface area contributed by atoms with Gasteiger partial charge in [-0.15, -0.1) is 0 Å². The van der Waals surface area contributed by atoms with Crippen molar-refractivity contribution in [3.05, 3.63) is 56.1 Å². The number of nitrogens with zero attached hydrogens (tertiary/aromatic N) is 3. The van der Waals surface area contributed by atoms with Gasteiger partial charge in [0.25, 0.3) is 17.4 Å². The maximum atomic E-state index is 13.3. The van der Waals surface area contributed by atoms with Crippen molar-refractivity contribution in [2.24, 2.45) is 7.05 Å². The van der Waals surface area contributed by atoms with Gasteiger partial charge >= 0.3 is 0 Å². The molecule has 2 aromatic heterocycles. The first-order valence-corrected chi connectivity index (χ1v) is 9.74. The number of aryl methyl sites for hydroxylation is 3. The Morgan fingerprint density at radius 2 is 2.00 bits per heavy atom. The van der Waals surface area contributed by atoms with Gasteiger partial charge in [-0.3, -0.25) is 14.4 Å². The van der Waals surface area contributed by atoms with E-state index in [1.54, 1.807) is 18.1 Å². The molecule has 2 amide bonds. The Labute approximate surface area is 168 Å². The van der Waals surface area contributed by atoms with Crippen LogP contribution in [0, 0.1) is 0 Å². The molecular weight excluding hydrogens is 372 g/mol. The van der Waals surface area contributed by atoms with Gasteiger partial charge in [-0.25, -0.2) is 4.98 Å². The zero-order chi connectivity index (χ0) is 20.7. The van der Waals surface area contributed by atoms with Crippen molar-refractivity contribution in [1.29, 1.82) is 0 Å². The van der Waals surface area contributed by atoms with E-state index in [0.29, 0.717) is 31.0 Å². The third-order valence-corrected chi connectivity index (χ3v) is 5.75. The van der Waals surface area contributed by atoms with Crippen molar-refractivity contribution >= 4 is 11.8 Å². The number of methoxy groups -OCH3 is 1. The molecule has 2 aliphatic rings. The zero-order valence-corrected chi connectivity index (χ0v) is 16.9. The molecule has 8 heteroatoms. The Morgan fingerprint density at radius 1 is 1.21 bits per heavy atom. The van der Waals surface area contributed by atoms with Gasteiger partial charge in [-0.05, 0) is 48.4 Å². The van der Waals surface area contributed by atoms with E-state index in [-0.39, 0.29) is 17.0 Å². The second kappa shape index (κ2) is 7.35. The number of nitrogens with one attached hydrogen (secondary N) is 1. The van der Waals surface area contributed by atoms with Gasteiger partial charge in [0.05, 0.1) is 7.11 Å². The van der Waals surface area contributed by atoms with Crippen LogP contribution < -0.4 is 15.6 Å². The molecule has 0 fully saturated rings. The molecule has 0 atom stereocenters. The molecular formula is C21H24N4O4. The molecule has 1 N–H and O–H groups in total. The average molecular weight is 396 g/mol. The first kappa shape index (κ1) is 19.2. The standard InChI is InChI=1S/C21H24N4O4/c1-22-18(26)17-14-7-8-25(11-13(14)10-24(2)21(17)28)20(27)15-9-12-5-4-6-16(12)23-19(15)29-3/h9-10H,4-8,11H2,1-3H3,(H,22,26). The maximum Gasteiger partial charge on any atom is 0.263 e. The molecule has 0 unspecified atom stereocenters. The highest BCUT2D eigenvalue weighted by atomic mass is 16.5. The van der Waals surface area contributed by atoms with Gasteiger partial charge in [0.2, 0.25) is 5.88 Å². The van der Waals surface area contributed by atoms with E-state index in [4.69, 9.17) is 4.74 Å². The molecule has 0 bridgehead atoms. The van der Waals surface area contributed by atoms with Crippen LogP contribution in [-0.4, -0.2) is 47.0 Å². The van der Waals surface area contributed by atoms with Crippen LogP contribution in [0.3, 0.4) is 0 Å². The summed E-state index contributed by atoms with van der Waals surface area (Å²) in [5, 5.41) is 2.54. The van der Waals surface area contributed by atoms with E-state index in [9.17, 15) is 14.4 Å². The van der Waals surface area contributed by atoms with Gasteiger partial charge in [-0.2, -0.15) is 0 Å². The summed E-state index contributed by atoms with van der Waals surface area (Å²) in [6.45, 7) is 0.746. The summed E-state index contributed by atoms with van der Waals surface area (Å²) >= 11 is 0. The predicted octanol–water partition coefficient (Wildman–Crippen LogP) is 0.836. The SMILES string of the molecule is CNC(=O)c1c2c(cn(C)c1=O)CN(C(=O)c1cc3c(nc1OC)CCC3)CC2. The van der Waals surface area contributed by atoms with E-state index >= 15 is 0 Å². The number of hydrogen-bond donors (Lipinski definition) is 1. The number of carbonyl (C=O) groups excluding carboxylic acids is 2. The number of rotatable bonds is 3. The molecule has 152 valence electrons. The second-order valence-corrected chi connectivity index (χ2v) is 7.48. The second-order valence-electron chi connectivity index (χ2n) is 7.48. The largest absolute Gasteiger partial charge is 0.480 e. The molecule has 3 heterocycles. The predicted molar refractivity (Wildman–Crippen MR) is 106 cm³/mol. The number of aromatic nitrogens is 2. The molecule has 1 aliphatic heterocycles. The smallest absolute Gasteiger partial charge is 0.263 e. The fourth-order valence-electron chi connectivity index (χ4n) is 4.25. The molecule has 8 nitrogen and oxygen atoms in total. The van der Waals surface area contributed by atoms with Crippen LogP contribution in [0.2, 0.25) is 0 Å². The zero-order valence-electron chi connectivity index (χ0n) is 16.9. The minimum absolute atomic E-state index is 0.148.